The van der Waals surface area contributed by atoms with Gasteiger partial charge in [-0.25, -0.2) is 0 Å². The first-order chi connectivity index (χ1) is 11.5. The number of carbonyl (C=O) groups is 1. The standard InChI is InChI=1S/C20H25NO3.ClH/c1-21(2)14-16(12-15-8-6-5-7-9-15)20(22)18-13-17(23-3)10-11-19(18)24-4;/h5-11,13,16H,12,14H2,1-4H3;1H. The molecule has 0 saturated heterocycles. The van der Waals surface area contributed by atoms with Crippen LogP contribution in [0.2, 0.25) is 0 Å². The van der Waals surface area contributed by atoms with Crippen LogP contribution in [0.5, 0.6) is 11.5 Å². The van der Waals surface area contributed by atoms with Gasteiger partial charge >= 0.3 is 0 Å². The molecule has 0 aliphatic carbocycles. The summed E-state index contributed by atoms with van der Waals surface area (Å²) in [5.74, 6) is 1.16. The zero-order valence-electron chi connectivity index (χ0n) is 15.2. The quantitative estimate of drug-likeness (QED) is 0.670. The molecule has 0 heterocycles. The first kappa shape index (κ1) is 21.0. The first-order valence-electron chi connectivity index (χ1n) is 8.00. The van der Waals surface area contributed by atoms with E-state index in [1.165, 1.54) is 0 Å². The average Bonchev–Trinajstić information content (AvgIpc) is 2.60. The second-order valence-corrected chi connectivity index (χ2v) is 6.08. The van der Waals surface area contributed by atoms with Crippen molar-refractivity contribution in [2.24, 2.45) is 5.92 Å². The van der Waals surface area contributed by atoms with Crippen molar-refractivity contribution < 1.29 is 14.3 Å². The zero-order chi connectivity index (χ0) is 17.5. The maximum atomic E-state index is 13.2. The van der Waals surface area contributed by atoms with Crippen molar-refractivity contribution in [2.45, 2.75) is 6.42 Å². The molecule has 1 atom stereocenters. The Balaban J connectivity index is 0.00000312. The number of carbonyl (C=O) groups excluding carboxylic acids is 1. The number of hydrogen-bond donors (Lipinski definition) is 0. The summed E-state index contributed by atoms with van der Waals surface area (Å²) >= 11 is 0. The van der Waals surface area contributed by atoms with E-state index in [0.29, 0.717) is 30.0 Å². The second-order valence-electron chi connectivity index (χ2n) is 6.08. The maximum Gasteiger partial charge on any atom is 0.171 e. The SMILES string of the molecule is COc1ccc(OC)c(C(=O)C(Cc2ccccc2)CN(C)C)c1.Cl. The molecule has 1 unspecified atom stereocenters. The largest absolute Gasteiger partial charge is 0.497 e. The second kappa shape index (κ2) is 10.1. The highest BCUT2D eigenvalue weighted by atomic mass is 35.5. The highest BCUT2D eigenvalue weighted by Crippen LogP contribution is 2.27. The van der Waals surface area contributed by atoms with E-state index in [9.17, 15) is 4.79 Å². The number of rotatable bonds is 8. The van der Waals surface area contributed by atoms with Crippen molar-refractivity contribution in [1.29, 1.82) is 0 Å². The third-order valence-electron chi connectivity index (χ3n) is 3.95. The van der Waals surface area contributed by atoms with Crippen LogP contribution in [0.25, 0.3) is 0 Å². The summed E-state index contributed by atoms with van der Waals surface area (Å²) in [7, 11) is 7.14. The summed E-state index contributed by atoms with van der Waals surface area (Å²) in [6, 6.07) is 15.4. The summed E-state index contributed by atoms with van der Waals surface area (Å²) in [6.07, 6.45) is 0.693. The van der Waals surface area contributed by atoms with Gasteiger partial charge in [0.2, 0.25) is 0 Å². The van der Waals surface area contributed by atoms with Crippen molar-refractivity contribution in [3.8, 4) is 11.5 Å². The highest BCUT2D eigenvalue weighted by Gasteiger charge is 2.24. The Morgan fingerprint density at radius 3 is 2.28 bits per heavy atom. The Morgan fingerprint density at radius 2 is 1.72 bits per heavy atom. The summed E-state index contributed by atoms with van der Waals surface area (Å²) in [6.45, 7) is 0.675. The topological polar surface area (TPSA) is 38.8 Å². The molecule has 25 heavy (non-hydrogen) atoms. The van der Waals surface area contributed by atoms with E-state index < -0.39 is 0 Å². The van der Waals surface area contributed by atoms with Crippen LogP contribution in [-0.2, 0) is 6.42 Å². The van der Waals surface area contributed by atoms with Gasteiger partial charge in [0.15, 0.2) is 5.78 Å². The predicted molar refractivity (Wildman–Crippen MR) is 103 cm³/mol. The van der Waals surface area contributed by atoms with Crippen molar-refractivity contribution in [1.82, 2.24) is 4.90 Å². The fourth-order valence-corrected chi connectivity index (χ4v) is 2.81. The number of halogens is 1. The molecule has 0 N–H and O–H groups in total. The molecule has 2 aromatic carbocycles. The lowest BCUT2D eigenvalue weighted by Crippen LogP contribution is -2.30. The molecule has 5 heteroatoms. The number of nitrogens with zero attached hydrogens (tertiary/aromatic N) is 1. The van der Waals surface area contributed by atoms with E-state index in [2.05, 4.69) is 12.1 Å². The Bertz CT molecular complexity index is 674. The van der Waals surface area contributed by atoms with Crippen molar-refractivity contribution in [3.63, 3.8) is 0 Å². The monoisotopic (exact) mass is 363 g/mol. The molecule has 136 valence electrons. The Labute approximate surface area is 156 Å². The van der Waals surface area contributed by atoms with Crippen molar-refractivity contribution in [2.75, 3.05) is 34.9 Å². The van der Waals surface area contributed by atoms with Gasteiger partial charge in [-0.1, -0.05) is 30.3 Å². The van der Waals surface area contributed by atoms with Gasteiger partial charge < -0.3 is 14.4 Å². The van der Waals surface area contributed by atoms with E-state index in [1.807, 2.05) is 37.2 Å². The molecule has 2 aromatic rings. The first-order valence-corrected chi connectivity index (χ1v) is 8.00. The van der Waals surface area contributed by atoms with E-state index >= 15 is 0 Å². The number of benzene rings is 2. The Morgan fingerprint density at radius 1 is 1.04 bits per heavy atom. The molecule has 0 fully saturated rings. The molecule has 0 radical (unpaired) electrons. The Kier molecular flexibility index (Phi) is 8.46. The highest BCUT2D eigenvalue weighted by molar-refractivity contribution is 6.01. The van der Waals surface area contributed by atoms with E-state index in [-0.39, 0.29) is 24.1 Å². The van der Waals surface area contributed by atoms with Gasteiger partial charge in [0.05, 0.1) is 19.8 Å². The van der Waals surface area contributed by atoms with E-state index in [1.54, 1.807) is 32.4 Å². The molecular weight excluding hydrogens is 338 g/mol. The number of ether oxygens (including phenoxy) is 2. The third kappa shape index (κ3) is 5.76. The molecule has 0 bridgehead atoms. The molecule has 0 aromatic heterocycles. The molecule has 0 spiro atoms. The van der Waals surface area contributed by atoms with Crippen LogP contribution in [-0.4, -0.2) is 45.5 Å². The van der Waals surface area contributed by atoms with Gasteiger partial charge in [-0.3, -0.25) is 4.79 Å². The van der Waals surface area contributed by atoms with Crippen molar-refractivity contribution in [3.05, 3.63) is 59.7 Å². The fourth-order valence-electron chi connectivity index (χ4n) is 2.81. The minimum Gasteiger partial charge on any atom is -0.497 e. The summed E-state index contributed by atoms with van der Waals surface area (Å²) in [5.41, 5.74) is 1.72. The summed E-state index contributed by atoms with van der Waals surface area (Å²) in [4.78, 5) is 15.2. The van der Waals surface area contributed by atoms with Crippen LogP contribution in [0, 0.1) is 5.92 Å². The third-order valence-corrected chi connectivity index (χ3v) is 3.95. The summed E-state index contributed by atoms with van der Waals surface area (Å²) < 4.78 is 10.6. The number of ketones is 1. The van der Waals surface area contributed by atoms with E-state index in [4.69, 9.17) is 9.47 Å². The normalized spacial score (nSPS) is 11.6. The minimum atomic E-state index is -0.150. The fraction of sp³-hybridized carbons (Fsp3) is 0.350. The van der Waals surface area contributed by atoms with Gasteiger partial charge in [0.1, 0.15) is 11.5 Å². The van der Waals surface area contributed by atoms with E-state index in [0.717, 1.165) is 5.56 Å². The maximum absolute atomic E-state index is 13.2. The van der Waals surface area contributed by atoms with Crippen molar-refractivity contribution >= 4 is 18.2 Å². The lowest BCUT2D eigenvalue weighted by atomic mass is 9.90. The van der Waals surface area contributed by atoms with Crippen LogP contribution >= 0.6 is 12.4 Å². The van der Waals surface area contributed by atoms with Gasteiger partial charge in [-0.05, 0) is 44.3 Å². The van der Waals surface area contributed by atoms with Gasteiger partial charge in [0.25, 0.3) is 0 Å². The number of Topliss-reactive ketones (excluding diaryl/α,β-unsaturated/α-hetero) is 1. The lowest BCUT2D eigenvalue weighted by Gasteiger charge is -2.21. The van der Waals surface area contributed by atoms with Gasteiger partial charge in [-0.15, -0.1) is 12.4 Å². The molecule has 4 nitrogen and oxygen atoms in total. The summed E-state index contributed by atoms with van der Waals surface area (Å²) in [5, 5.41) is 0. The van der Waals surface area contributed by atoms with Crippen LogP contribution < -0.4 is 9.47 Å². The van der Waals surface area contributed by atoms with Crippen LogP contribution in [0.1, 0.15) is 15.9 Å². The molecule has 0 aliphatic heterocycles. The lowest BCUT2D eigenvalue weighted by molar-refractivity contribution is 0.0893. The van der Waals surface area contributed by atoms with Crippen LogP contribution in [0.3, 0.4) is 0 Å². The Hall–Kier alpha value is -2.04. The zero-order valence-corrected chi connectivity index (χ0v) is 16.0. The molecular formula is C20H26ClNO3. The minimum absolute atomic E-state index is 0. The predicted octanol–water partition coefficient (Wildman–Crippen LogP) is 3.73. The van der Waals surface area contributed by atoms with Gasteiger partial charge in [0, 0.05) is 12.5 Å². The van der Waals surface area contributed by atoms with Gasteiger partial charge in [-0.2, -0.15) is 0 Å². The number of methoxy groups -OCH3 is 2. The average molecular weight is 364 g/mol. The smallest absolute Gasteiger partial charge is 0.171 e. The molecule has 0 saturated carbocycles. The molecule has 0 amide bonds. The van der Waals surface area contributed by atoms with Crippen LogP contribution in [0.4, 0.5) is 0 Å². The van der Waals surface area contributed by atoms with Crippen LogP contribution in [0.15, 0.2) is 48.5 Å². The number of hydrogen-bond acceptors (Lipinski definition) is 4. The molecule has 0 aliphatic rings. The molecule has 2 rings (SSSR count).